The molecule has 0 aliphatic rings. The number of halogens is 1. The van der Waals surface area contributed by atoms with Crippen LogP contribution in [0.1, 0.15) is 5.56 Å². The molecule has 3 aromatic rings. The van der Waals surface area contributed by atoms with Crippen LogP contribution in [0.5, 0.6) is 0 Å². The summed E-state index contributed by atoms with van der Waals surface area (Å²) in [5.41, 5.74) is 9.04. The summed E-state index contributed by atoms with van der Waals surface area (Å²) in [5.74, 6) is -0.253. The van der Waals surface area contributed by atoms with Gasteiger partial charge < -0.3 is 5.73 Å². The van der Waals surface area contributed by atoms with Crippen molar-refractivity contribution in [1.29, 1.82) is 0 Å². The molecule has 0 radical (unpaired) electrons. The average molecular weight is 268 g/mol. The molecule has 1 aromatic carbocycles. The lowest BCUT2D eigenvalue weighted by atomic mass is 10.2. The van der Waals surface area contributed by atoms with Crippen LogP contribution >= 0.6 is 0 Å². The van der Waals surface area contributed by atoms with Crippen LogP contribution in [0.25, 0.3) is 11.3 Å². The van der Waals surface area contributed by atoms with Crippen LogP contribution in [0.15, 0.2) is 55.0 Å². The molecular weight excluding hydrogens is 255 g/mol. The highest BCUT2D eigenvalue weighted by molar-refractivity contribution is 5.71. The maximum absolute atomic E-state index is 13.2. The fourth-order valence-corrected chi connectivity index (χ4v) is 2.07. The minimum absolute atomic E-state index is 0.253. The Bertz CT molecular complexity index is 722. The Morgan fingerprint density at radius 2 is 1.95 bits per heavy atom. The first-order chi connectivity index (χ1) is 9.72. The smallest absolute Gasteiger partial charge is 0.123 e. The molecule has 0 spiro atoms. The lowest BCUT2D eigenvalue weighted by Gasteiger charge is -2.01. The molecule has 4 nitrogen and oxygen atoms in total. The zero-order valence-corrected chi connectivity index (χ0v) is 10.7. The fourth-order valence-electron chi connectivity index (χ4n) is 2.07. The van der Waals surface area contributed by atoms with Gasteiger partial charge in [0.05, 0.1) is 12.2 Å². The molecule has 5 heteroatoms. The van der Waals surface area contributed by atoms with E-state index in [1.807, 2.05) is 18.2 Å². The molecule has 100 valence electrons. The first-order valence-corrected chi connectivity index (χ1v) is 6.20. The zero-order valence-electron chi connectivity index (χ0n) is 10.7. The highest BCUT2D eigenvalue weighted by Gasteiger charge is 2.08. The highest BCUT2D eigenvalue weighted by atomic mass is 19.1. The number of aromatic nitrogens is 3. The molecule has 0 atom stereocenters. The van der Waals surface area contributed by atoms with E-state index in [-0.39, 0.29) is 5.82 Å². The number of hydrogen-bond donors (Lipinski definition) is 1. The van der Waals surface area contributed by atoms with Crippen molar-refractivity contribution in [2.45, 2.75) is 6.54 Å². The van der Waals surface area contributed by atoms with E-state index in [2.05, 4.69) is 10.1 Å². The van der Waals surface area contributed by atoms with Gasteiger partial charge in [-0.3, -0.25) is 9.67 Å². The first-order valence-electron chi connectivity index (χ1n) is 6.20. The van der Waals surface area contributed by atoms with Crippen molar-refractivity contribution in [3.05, 3.63) is 66.4 Å². The third-order valence-electron chi connectivity index (χ3n) is 2.98. The Hall–Kier alpha value is -2.69. The first kappa shape index (κ1) is 12.3. The molecule has 0 fully saturated rings. The van der Waals surface area contributed by atoms with Crippen LogP contribution < -0.4 is 5.73 Å². The van der Waals surface area contributed by atoms with Crippen molar-refractivity contribution in [2.75, 3.05) is 5.73 Å². The van der Waals surface area contributed by atoms with Gasteiger partial charge >= 0.3 is 0 Å². The van der Waals surface area contributed by atoms with E-state index in [9.17, 15) is 4.39 Å². The number of rotatable bonds is 3. The zero-order chi connectivity index (χ0) is 13.9. The molecule has 0 saturated carbocycles. The maximum atomic E-state index is 13.2. The number of benzene rings is 1. The van der Waals surface area contributed by atoms with Gasteiger partial charge in [-0.2, -0.15) is 5.10 Å². The quantitative estimate of drug-likeness (QED) is 0.794. The van der Waals surface area contributed by atoms with Gasteiger partial charge in [-0.25, -0.2) is 4.39 Å². The second-order valence-corrected chi connectivity index (χ2v) is 4.50. The summed E-state index contributed by atoms with van der Waals surface area (Å²) in [6, 6.07) is 10.2. The van der Waals surface area contributed by atoms with E-state index < -0.39 is 0 Å². The van der Waals surface area contributed by atoms with Crippen molar-refractivity contribution in [3.8, 4) is 11.3 Å². The standard InChI is InChI=1S/C15H13FN4/c16-13-3-1-2-11(8-13)9-20-10-14(17)15(19-20)12-4-6-18-7-5-12/h1-8,10H,9,17H2. The van der Waals surface area contributed by atoms with E-state index in [4.69, 9.17) is 5.73 Å². The van der Waals surface area contributed by atoms with Crippen LogP contribution in [-0.4, -0.2) is 14.8 Å². The Morgan fingerprint density at radius 3 is 2.70 bits per heavy atom. The summed E-state index contributed by atoms with van der Waals surface area (Å²) in [6.45, 7) is 0.479. The molecule has 0 bridgehead atoms. The third-order valence-corrected chi connectivity index (χ3v) is 2.98. The van der Waals surface area contributed by atoms with Crippen LogP contribution in [0.3, 0.4) is 0 Å². The second kappa shape index (κ2) is 5.13. The molecular formula is C15H13FN4. The number of pyridine rings is 1. The normalized spacial score (nSPS) is 10.7. The molecule has 2 N–H and O–H groups in total. The second-order valence-electron chi connectivity index (χ2n) is 4.50. The van der Waals surface area contributed by atoms with Gasteiger partial charge in [0.25, 0.3) is 0 Å². The number of anilines is 1. The van der Waals surface area contributed by atoms with Crippen molar-refractivity contribution in [3.63, 3.8) is 0 Å². The van der Waals surface area contributed by atoms with Crippen LogP contribution in [0.4, 0.5) is 10.1 Å². The van der Waals surface area contributed by atoms with Gasteiger partial charge in [0.2, 0.25) is 0 Å². The summed E-state index contributed by atoms with van der Waals surface area (Å²) in [4.78, 5) is 3.97. The molecule has 0 saturated heterocycles. The lowest BCUT2D eigenvalue weighted by Crippen LogP contribution is -2.00. The fraction of sp³-hybridized carbons (Fsp3) is 0.0667. The van der Waals surface area contributed by atoms with Crippen molar-refractivity contribution in [2.24, 2.45) is 0 Å². The van der Waals surface area contributed by atoms with E-state index in [0.29, 0.717) is 17.9 Å². The van der Waals surface area contributed by atoms with E-state index in [1.54, 1.807) is 29.3 Å². The van der Waals surface area contributed by atoms with Crippen molar-refractivity contribution in [1.82, 2.24) is 14.8 Å². The van der Waals surface area contributed by atoms with Crippen LogP contribution in [-0.2, 0) is 6.54 Å². The SMILES string of the molecule is Nc1cn(Cc2cccc(F)c2)nc1-c1ccncc1. The summed E-state index contributed by atoms with van der Waals surface area (Å²) < 4.78 is 14.9. The minimum Gasteiger partial charge on any atom is -0.396 e. The molecule has 2 heterocycles. The van der Waals surface area contributed by atoms with Gasteiger partial charge in [0.15, 0.2) is 0 Å². The predicted octanol–water partition coefficient (Wildman–Crippen LogP) is 2.71. The third kappa shape index (κ3) is 2.51. The molecule has 2 aromatic heterocycles. The molecule has 3 rings (SSSR count). The van der Waals surface area contributed by atoms with Crippen molar-refractivity contribution < 1.29 is 4.39 Å². The predicted molar refractivity (Wildman–Crippen MR) is 75.4 cm³/mol. The monoisotopic (exact) mass is 268 g/mol. The summed E-state index contributed by atoms with van der Waals surface area (Å²) in [6.07, 6.45) is 5.14. The Kier molecular flexibility index (Phi) is 3.16. The Labute approximate surface area is 115 Å². The minimum atomic E-state index is -0.253. The van der Waals surface area contributed by atoms with E-state index in [1.165, 1.54) is 12.1 Å². The van der Waals surface area contributed by atoms with Gasteiger partial charge in [-0.05, 0) is 29.8 Å². The Morgan fingerprint density at radius 1 is 1.15 bits per heavy atom. The number of nitrogens with two attached hydrogens (primary N) is 1. The van der Waals surface area contributed by atoms with Gasteiger partial charge in [0, 0.05) is 24.2 Å². The van der Waals surface area contributed by atoms with Gasteiger partial charge in [0.1, 0.15) is 11.5 Å². The molecule has 0 aliphatic heterocycles. The van der Waals surface area contributed by atoms with E-state index in [0.717, 1.165) is 11.1 Å². The summed E-state index contributed by atoms with van der Waals surface area (Å²) in [7, 11) is 0. The van der Waals surface area contributed by atoms with Gasteiger partial charge in [-0.15, -0.1) is 0 Å². The number of nitrogen functional groups attached to an aromatic ring is 1. The summed E-state index contributed by atoms with van der Waals surface area (Å²) in [5, 5.41) is 4.45. The average Bonchev–Trinajstić information content (AvgIpc) is 2.80. The number of hydrogen-bond acceptors (Lipinski definition) is 3. The van der Waals surface area contributed by atoms with Crippen molar-refractivity contribution >= 4 is 5.69 Å². The molecule has 20 heavy (non-hydrogen) atoms. The highest BCUT2D eigenvalue weighted by Crippen LogP contribution is 2.23. The van der Waals surface area contributed by atoms with Gasteiger partial charge in [-0.1, -0.05) is 12.1 Å². The van der Waals surface area contributed by atoms with E-state index >= 15 is 0 Å². The molecule has 0 unspecified atom stereocenters. The topological polar surface area (TPSA) is 56.7 Å². The molecule has 0 amide bonds. The van der Waals surface area contributed by atoms with Crippen LogP contribution in [0.2, 0.25) is 0 Å². The Balaban J connectivity index is 1.90. The lowest BCUT2D eigenvalue weighted by molar-refractivity contribution is 0.619. The largest absolute Gasteiger partial charge is 0.396 e. The number of nitrogens with zero attached hydrogens (tertiary/aromatic N) is 3. The summed E-state index contributed by atoms with van der Waals surface area (Å²) >= 11 is 0. The van der Waals surface area contributed by atoms with Crippen LogP contribution in [0, 0.1) is 5.82 Å². The molecule has 0 aliphatic carbocycles. The maximum Gasteiger partial charge on any atom is 0.123 e.